The Hall–Kier alpha value is -3.26. The van der Waals surface area contributed by atoms with E-state index >= 15 is 0 Å². The maximum absolute atomic E-state index is 12.2. The summed E-state index contributed by atoms with van der Waals surface area (Å²) in [4.78, 5) is 41.8. The normalized spacial score (nSPS) is 10.5. The maximum atomic E-state index is 12.2. The second kappa shape index (κ2) is 9.79. The summed E-state index contributed by atoms with van der Waals surface area (Å²) in [5.41, 5.74) is 1.75. The molecule has 0 fully saturated rings. The number of nitrogens with zero attached hydrogens (tertiary/aromatic N) is 2. The standard InChI is InChI=1S/C21H21N3O4S/c1-24(13-19-23-16-9-5-6-10-17(16)29-19)20(26)14-28-21(27)12-22-18(25)11-15-7-3-2-4-8-15/h2-10H,11-14H2,1H3,(H,22,25). The smallest absolute Gasteiger partial charge is 0.325 e. The van der Waals surface area contributed by atoms with Gasteiger partial charge in [0.15, 0.2) is 6.61 Å². The van der Waals surface area contributed by atoms with E-state index in [4.69, 9.17) is 4.74 Å². The zero-order valence-corrected chi connectivity index (χ0v) is 16.8. The Morgan fingerprint density at radius 1 is 1.07 bits per heavy atom. The van der Waals surface area contributed by atoms with Crippen LogP contribution in [0.5, 0.6) is 0 Å². The Balaban J connectivity index is 1.38. The molecule has 1 heterocycles. The molecular weight excluding hydrogens is 390 g/mol. The number of carbonyl (C=O) groups is 3. The Labute approximate surface area is 172 Å². The number of benzene rings is 2. The molecule has 29 heavy (non-hydrogen) atoms. The van der Waals surface area contributed by atoms with Gasteiger partial charge in [-0.25, -0.2) is 4.98 Å². The molecule has 3 aromatic rings. The van der Waals surface area contributed by atoms with Gasteiger partial charge in [-0.15, -0.1) is 11.3 Å². The number of likely N-dealkylation sites (N-methyl/N-ethyl adjacent to an activating group) is 1. The molecule has 7 nitrogen and oxygen atoms in total. The third-order valence-electron chi connectivity index (χ3n) is 4.13. The first-order valence-corrected chi connectivity index (χ1v) is 9.87. The van der Waals surface area contributed by atoms with Crippen molar-refractivity contribution in [1.29, 1.82) is 0 Å². The lowest BCUT2D eigenvalue weighted by Gasteiger charge is -2.15. The SMILES string of the molecule is CN(Cc1nc2ccccc2s1)C(=O)COC(=O)CNC(=O)Cc1ccccc1. The fourth-order valence-electron chi connectivity index (χ4n) is 2.60. The van der Waals surface area contributed by atoms with E-state index in [1.165, 1.54) is 16.2 Å². The lowest BCUT2D eigenvalue weighted by atomic mass is 10.1. The van der Waals surface area contributed by atoms with E-state index in [1.54, 1.807) is 7.05 Å². The summed E-state index contributed by atoms with van der Waals surface area (Å²) in [7, 11) is 1.63. The van der Waals surface area contributed by atoms with E-state index in [1.807, 2.05) is 54.6 Å². The van der Waals surface area contributed by atoms with Crippen molar-refractivity contribution < 1.29 is 19.1 Å². The van der Waals surface area contributed by atoms with Crippen molar-refractivity contribution in [3.63, 3.8) is 0 Å². The lowest BCUT2D eigenvalue weighted by molar-refractivity contribution is -0.151. The monoisotopic (exact) mass is 411 g/mol. The molecule has 0 spiro atoms. The number of amides is 2. The number of aromatic nitrogens is 1. The zero-order chi connectivity index (χ0) is 20.6. The summed E-state index contributed by atoms with van der Waals surface area (Å²) in [6.07, 6.45) is 0.179. The average Bonchev–Trinajstić information content (AvgIpc) is 3.13. The summed E-state index contributed by atoms with van der Waals surface area (Å²) in [5, 5.41) is 3.30. The minimum atomic E-state index is -0.659. The van der Waals surface area contributed by atoms with E-state index < -0.39 is 5.97 Å². The summed E-state index contributed by atoms with van der Waals surface area (Å²) in [6.45, 7) is -0.321. The molecule has 0 atom stereocenters. The Bertz CT molecular complexity index is 970. The number of fused-ring (bicyclic) bond motifs is 1. The van der Waals surface area contributed by atoms with E-state index in [-0.39, 0.29) is 31.4 Å². The van der Waals surface area contributed by atoms with Gasteiger partial charge < -0.3 is 15.0 Å². The maximum Gasteiger partial charge on any atom is 0.325 e. The molecule has 2 aromatic carbocycles. The van der Waals surface area contributed by atoms with Gasteiger partial charge in [-0.3, -0.25) is 14.4 Å². The summed E-state index contributed by atoms with van der Waals surface area (Å²) in [5.74, 6) is -1.28. The summed E-state index contributed by atoms with van der Waals surface area (Å²) in [6, 6.07) is 17.0. The molecule has 150 valence electrons. The molecule has 0 aliphatic carbocycles. The van der Waals surface area contributed by atoms with Gasteiger partial charge in [0, 0.05) is 7.05 Å². The average molecular weight is 411 g/mol. The molecule has 1 aromatic heterocycles. The summed E-state index contributed by atoms with van der Waals surface area (Å²) < 4.78 is 6.02. The van der Waals surface area contributed by atoms with Crippen LogP contribution in [0, 0.1) is 0 Å². The van der Waals surface area contributed by atoms with E-state index in [0.717, 1.165) is 20.8 Å². The minimum absolute atomic E-state index is 0.179. The van der Waals surface area contributed by atoms with Gasteiger partial charge in [-0.2, -0.15) is 0 Å². The van der Waals surface area contributed by atoms with E-state index in [2.05, 4.69) is 10.3 Å². The highest BCUT2D eigenvalue weighted by molar-refractivity contribution is 7.18. The Morgan fingerprint density at radius 3 is 2.55 bits per heavy atom. The van der Waals surface area contributed by atoms with Crippen LogP contribution in [0.1, 0.15) is 10.6 Å². The minimum Gasteiger partial charge on any atom is -0.454 e. The van der Waals surface area contributed by atoms with Crippen LogP contribution < -0.4 is 5.32 Å². The third-order valence-corrected chi connectivity index (χ3v) is 5.15. The zero-order valence-electron chi connectivity index (χ0n) is 16.0. The molecule has 0 unspecified atom stereocenters. The van der Waals surface area contributed by atoms with Crippen molar-refractivity contribution in [2.45, 2.75) is 13.0 Å². The van der Waals surface area contributed by atoms with Gasteiger partial charge in [0.1, 0.15) is 11.6 Å². The number of esters is 1. The molecule has 0 radical (unpaired) electrons. The number of rotatable bonds is 8. The fourth-order valence-corrected chi connectivity index (χ4v) is 3.62. The molecule has 0 saturated heterocycles. The molecule has 1 N–H and O–H groups in total. The quantitative estimate of drug-likeness (QED) is 0.574. The van der Waals surface area contributed by atoms with E-state index in [9.17, 15) is 14.4 Å². The number of carbonyl (C=O) groups excluding carboxylic acids is 3. The van der Waals surface area contributed by atoms with Crippen LogP contribution in [0.4, 0.5) is 0 Å². The van der Waals surface area contributed by atoms with Crippen molar-refractivity contribution in [2.24, 2.45) is 0 Å². The van der Waals surface area contributed by atoms with Crippen LogP contribution in [-0.4, -0.2) is 47.9 Å². The molecule has 0 aliphatic rings. The number of hydrogen-bond acceptors (Lipinski definition) is 6. The second-order valence-corrected chi connectivity index (χ2v) is 7.54. The number of nitrogens with one attached hydrogen (secondary N) is 1. The third kappa shape index (κ3) is 6.11. The molecular formula is C21H21N3O4S. The molecule has 3 rings (SSSR count). The van der Waals surface area contributed by atoms with Crippen LogP contribution >= 0.6 is 11.3 Å². The lowest BCUT2D eigenvalue weighted by Crippen LogP contribution is -2.35. The van der Waals surface area contributed by atoms with Gasteiger partial charge >= 0.3 is 5.97 Å². The molecule has 0 saturated carbocycles. The largest absolute Gasteiger partial charge is 0.454 e. The molecule has 0 bridgehead atoms. The van der Waals surface area contributed by atoms with Crippen LogP contribution in [0.15, 0.2) is 54.6 Å². The second-order valence-electron chi connectivity index (χ2n) is 6.42. The molecule has 8 heteroatoms. The van der Waals surface area contributed by atoms with Crippen LogP contribution in [0.25, 0.3) is 10.2 Å². The highest BCUT2D eigenvalue weighted by atomic mass is 32.1. The van der Waals surface area contributed by atoms with Crippen molar-refractivity contribution in [2.75, 3.05) is 20.2 Å². The highest BCUT2D eigenvalue weighted by Crippen LogP contribution is 2.22. The van der Waals surface area contributed by atoms with Crippen molar-refractivity contribution >= 4 is 39.3 Å². The first-order valence-electron chi connectivity index (χ1n) is 9.06. The van der Waals surface area contributed by atoms with Crippen LogP contribution in [-0.2, 0) is 32.1 Å². The summed E-state index contributed by atoms with van der Waals surface area (Å²) >= 11 is 1.52. The van der Waals surface area contributed by atoms with Crippen LogP contribution in [0.3, 0.4) is 0 Å². The first kappa shape index (κ1) is 20.5. The number of para-hydroxylation sites is 1. The number of thiazole rings is 1. The van der Waals surface area contributed by atoms with Gasteiger partial charge in [0.05, 0.1) is 23.2 Å². The Kier molecular flexibility index (Phi) is 6.91. The number of ether oxygens (including phenoxy) is 1. The van der Waals surface area contributed by atoms with Crippen molar-refractivity contribution in [1.82, 2.24) is 15.2 Å². The van der Waals surface area contributed by atoms with Gasteiger partial charge in [-0.1, -0.05) is 42.5 Å². The topological polar surface area (TPSA) is 88.6 Å². The predicted octanol–water partition coefficient (Wildman–Crippen LogP) is 2.16. The van der Waals surface area contributed by atoms with Gasteiger partial charge in [-0.05, 0) is 17.7 Å². The van der Waals surface area contributed by atoms with E-state index in [0.29, 0.717) is 6.54 Å². The molecule has 0 aliphatic heterocycles. The highest BCUT2D eigenvalue weighted by Gasteiger charge is 2.15. The predicted molar refractivity (Wildman–Crippen MR) is 110 cm³/mol. The molecule has 2 amide bonds. The van der Waals surface area contributed by atoms with Gasteiger partial charge in [0.2, 0.25) is 5.91 Å². The number of hydrogen-bond donors (Lipinski definition) is 1. The fraction of sp³-hybridized carbons (Fsp3) is 0.238. The van der Waals surface area contributed by atoms with Gasteiger partial charge in [0.25, 0.3) is 5.91 Å². The first-order chi connectivity index (χ1) is 14.0. The Morgan fingerprint density at radius 2 is 1.79 bits per heavy atom. The van der Waals surface area contributed by atoms with Crippen LogP contribution in [0.2, 0.25) is 0 Å². The van der Waals surface area contributed by atoms with Crippen molar-refractivity contribution in [3.05, 3.63) is 65.2 Å². The van der Waals surface area contributed by atoms with Crippen molar-refractivity contribution in [3.8, 4) is 0 Å².